The first-order valence-corrected chi connectivity index (χ1v) is 6.92. The number of hydrogen-bond donors (Lipinski definition) is 2. The van der Waals surface area contributed by atoms with Gasteiger partial charge in [0, 0.05) is 5.56 Å². The number of nitrogen functional groups attached to an aromatic ring is 1. The highest BCUT2D eigenvalue weighted by Crippen LogP contribution is 2.36. The van der Waals surface area contributed by atoms with Crippen molar-refractivity contribution in [3.8, 4) is 22.4 Å². The van der Waals surface area contributed by atoms with E-state index in [1.807, 2.05) is 30.3 Å². The highest BCUT2D eigenvalue weighted by Gasteiger charge is 2.17. The molecule has 0 atom stereocenters. The smallest absolute Gasteiger partial charge is 0.153 e. The molecule has 0 amide bonds. The lowest BCUT2D eigenvalue weighted by Crippen LogP contribution is -1.89. The molecular formula is C17H15N3O. The third kappa shape index (κ3) is 2.00. The van der Waals surface area contributed by atoms with Crippen LogP contribution in [0.1, 0.15) is 11.1 Å². The first-order valence-electron chi connectivity index (χ1n) is 6.92. The highest BCUT2D eigenvalue weighted by atomic mass is 16.5. The SMILES string of the molecule is Nc1n[nH]c(-c2ccc3c(c2)COC3)c1-c1ccccc1. The van der Waals surface area contributed by atoms with Crippen LogP contribution in [0.15, 0.2) is 48.5 Å². The average molecular weight is 277 g/mol. The Labute approximate surface area is 122 Å². The minimum Gasteiger partial charge on any atom is -0.382 e. The molecule has 2 aromatic carbocycles. The molecule has 4 nitrogen and oxygen atoms in total. The number of aromatic nitrogens is 2. The Hall–Kier alpha value is -2.59. The second kappa shape index (κ2) is 4.75. The van der Waals surface area contributed by atoms with Crippen LogP contribution in [0.3, 0.4) is 0 Å². The first-order chi connectivity index (χ1) is 10.3. The van der Waals surface area contributed by atoms with Crippen molar-refractivity contribution in [1.29, 1.82) is 0 Å². The molecule has 2 heterocycles. The van der Waals surface area contributed by atoms with Crippen LogP contribution in [0.4, 0.5) is 5.82 Å². The van der Waals surface area contributed by atoms with Crippen molar-refractivity contribution in [1.82, 2.24) is 10.2 Å². The Bertz CT molecular complexity index is 793. The van der Waals surface area contributed by atoms with Gasteiger partial charge in [-0.05, 0) is 22.8 Å². The molecule has 1 aliphatic rings. The lowest BCUT2D eigenvalue weighted by molar-refractivity contribution is 0.134. The van der Waals surface area contributed by atoms with Crippen molar-refractivity contribution < 1.29 is 4.74 Å². The molecule has 4 rings (SSSR count). The summed E-state index contributed by atoms with van der Waals surface area (Å²) in [5.41, 5.74) is 12.6. The number of aromatic amines is 1. The summed E-state index contributed by atoms with van der Waals surface area (Å²) in [4.78, 5) is 0. The van der Waals surface area contributed by atoms with Gasteiger partial charge < -0.3 is 10.5 Å². The summed E-state index contributed by atoms with van der Waals surface area (Å²) >= 11 is 0. The van der Waals surface area contributed by atoms with Gasteiger partial charge in [-0.15, -0.1) is 0 Å². The van der Waals surface area contributed by atoms with Crippen molar-refractivity contribution >= 4 is 5.82 Å². The zero-order valence-electron chi connectivity index (χ0n) is 11.5. The van der Waals surface area contributed by atoms with Crippen LogP contribution in [-0.2, 0) is 18.0 Å². The summed E-state index contributed by atoms with van der Waals surface area (Å²) < 4.78 is 5.48. The standard InChI is InChI=1S/C17H15N3O/c18-17-15(11-4-2-1-3-5-11)16(19-20-17)12-6-7-13-9-21-10-14(13)8-12/h1-8H,9-10H2,(H3,18,19,20). The average Bonchev–Trinajstić information content (AvgIpc) is 3.13. The Morgan fingerprint density at radius 3 is 2.62 bits per heavy atom. The number of ether oxygens (including phenoxy) is 1. The van der Waals surface area contributed by atoms with Crippen LogP contribution in [0, 0.1) is 0 Å². The topological polar surface area (TPSA) is 63.9 Å². The normalized spacial score (nSPS) is 13.3. The van der Waals surface area contributed by atoms with Gasteiger partial charge in [0.2, 0.25) is 0 Å². The predicted octanol–water partition coefficient (Wildman–Crippen LogP) is 3.36. The maximum atomic E-state index is 6.06. The molecule has 0 fully saturated rings. The number of hydrogen-bond acceptors (Lipinski definition) is 3. The molecule has 0 unspecified atom stereocenters. The quantitative estimate of drug-likeness (QED) is 0.755. The molecule has 0 bridgehead atoms. The maximum absolute atomic E-state index is 6.06. The van der Waals surface area contributed by atoms with Gasteiger partial charge in [0.25, 0.3) is 0 Å². The lowest BCUT2D eigenvalue weighted by Gasteiger charge is -2.06. The van der Waals surface area contributed by atoms with Crippen LogP contribution in [0.2, 0.25) is 0 Å². The van der Waals surface area contributed by atoms with E-state index in [4.69, 9.17) is 10.5 Å². The number of fused-ring (bicyclic) bond motifs is 1. The van der Waals surface area contributed by atoms with E-state index in [9.17, 15) is 0 Å². The Morgan fingerprint density at radius 1 is 0.952 bits per heavy atom. The van der Waals surface area contributed by atoms with Gasteiger partial charge in [0.05, 0.1) is 24.5 Å². The fraction of sp³-hybridized carbons (Fsp3) is 0.118. The largest absolute Gasteiger partial charge is 0.382 e. The second-order valence-corrected chi connectivity index (χ2v) is 5.20. The van der Waals surface area contributed by atoms with E-state index in [0.29, 0.717) is 19.0 Å². The van der Waals surface area contributed by atoms with Gasteiger partial charge in [0.1, 0.15) is 0 Å². The molecule has 21 heavy (non-hydrogen) atoms. The molecule has 0 radical (unpaired) electrons. The van der Waals surface area contributed by atoms with Crippen LogP contribution in [0.5, 0.6) is 0 Å². The summed E-state index contributed by atoms with van der Waals surface area (Å²) in [5.74, 6) is 0.521. The summed E-state index contributed by atoms with van der Waals surface area (Å²) in [7, 11) is 0. The van der Waals surface area contributed by atoms with Crippen molar-refractivity contribution in [3.63, 3.8) is 0 Å². The fourth-order valence-corrected chi connectivity index (χ4v) is 2.79. The molecule has 0 saturated heterocycles. The monoisotopic (exact) mass is 277 g/mol. The molecule has 0 saturated carbocycles. The Kier molecular flexibility index (Phi) is 2.75. The minimum atomic E-state index is 0.521. The Balaban J connectivity index is 1.87. The summed E-state index contributed by atoms with van der Waals surface area (Å²) in [6.45, 7) is 1.37. The number of benzene rings is 2. The van der Waals surface area contributed by atoms with Gasteiger partial charge in [-0.3, -0.25) is 5.10 Å². The van der Waals surface area contributed by atoms with Crippen LogP contribution >= 0.6 is 0 Å². The van der Waals surface area contributed by atoms with Crippen LogP contribution < -0.4 is 5.73 Å². The van der Waals surface area contributed by atoms with Gasteiger partial charge in [-0.1, -0.05) is 42.5 Å². The number of nitrogens with one attached hydrogen (secondary N) is 1. The molecule has 0 spiro atoms. The number of nitrogens with zero attached hydrogens (tertiary/aromatic N) is 1. The molecule has 1 aliphatic heterocycles. The molecule has 4 heteroatoms. The van der Waals surface area contributed by atoms with E-state index < -0.39 is 0 Å². The second-order valence-electron chi connectivity index (χ2n) is 5.20. The fourth-order valence-electron chi connectivity index (χ4n) is 2.79. The van der Waals surface area contributed by atoms with Crippen molar-refractivity contribution in [2.24, 2.45) is 0 Å². The summed E-state index contributed by atoms with van der Waals surface area (Å²) in [6.07, 6.45) is 0. The maximum Gasteiger partial charge on any atom is 0.153 e. The van der Waals surface area contributed by atoms with Crippen LogP contribution in [-0.4, -0.2) is 10.2 Å². The number of anilines is 1. The van der Waals surface area contributed by atoms with Crippen LogP contribution in [0.25, 0.3) is 22.4 Å². The first kappa shape index (κ1) is 12.2. The third-order valence-electron chi connectivity index (χ3n) is 3.87. The number of nitrogens with two attached hydrogens (primary N) is 1. The lowest BCUT2D eigenvalue weighted by atomic mass is 9.98. The minimum absolute atomic E-state index is 0.521. The molecule has 3 aromatic rings. The van der Waals surface area contributed by atoms with Gasteiger partial charge in [0.15, 0.2) is 5.82 Å². The van der Waals surface area contributed by atoms with E-state index in [-0.39, 0.29) is 0 Å². The van der Waals surface area contributed by atoms with Gasteiger partial charge >= 0.3 is 0 Å². The van der Waals surface area contributed by atoms with E-state index in [0.717, 1.165) is 22.4 Å². The molecule has 1 aromatic heterocycles. The number of rotatable bonds is 2. The van der Waals surface area contributed by atoms with Crippen molar-refractivity contribution in [2.45, 2.75) is 13.2 Å². The highest BCUT2D eigenvalue weighted by molar-refractivity contribution is 5.87. The van der Waals surface area contributed by atoms with E-state index >= 15 is 0 Å². The van der Waals surface area contributed by atoms with E-state index in [1.165, 1.54) is 11.1 Å². The molecule has 0 aliphatic carbocycles. The van der Waals surface area contributed by atoms with Gasteiger partial charge in [-0.25, -0.2) is 0 Å². The van der Waals surface area contributed by atoms with Gasteiger partial charge in [-0.2, -0.15) is 5.10 Å². The molecule has 3 N–H and O–H groups in total. The summed E-state index contributed by atoms with van der Waals surface area (Å²) in [6, 6.07) is 16.4. The zero-order valence-corrected chi connectivity index (χ0v) is 11.5. The third-order valence-corrected chi connectivity index (χ3v) is 3.87. The molecular weight excluding hydrogens is 262 g/mol. The predicted molar refractivity (Wildman–Crippen MR) is 82.4 cm³/mol. The number of H-pyrrole nitrogens is 1. The van der Waals surface area contributed by atoms with Crippen molar-refractivity contribution in [3.05, 3.63) is 59.7 Å². The molecule has 104 valence electrons. The van der Waals surface area contributed by atoms with Crippen molar-refractivity contribution in [2.75, 3.05) is 5.73 Å². The zero-order chi connectivity index (χ0) is 14.2. The Morgan fingerprint density at radius 2 is 1.76 bits per heavy atom. The summed E-state index contributed by atoms with van der Waals surface area (Å²) in [5, 5.41) is 7.25. The van der Waals surface area contributed by atoms with E-state index in [2.05, 4.69) is 28.4 Å². The van der Waals surface area contributed by atoms with E-state index in [1.54, 1.807) is 0 Å².